The van der Waals surface area contributed by atoms with Gasteiger partial charge in [-0.1, -0.05) is 56.3 Å². The molecule has 0 saturated carbocycles. The van der Waals surface area contributed by atoms with Crippen LogP contribution >= 0.6 is 0 Å². The average molecular weight is 574 g/mol. The number of nitro benzene ring substituents is 1. The van der Waals surface area contributed by atoms with Gasteiger partial charge in [0.15, 0.2) is 11.5 Å². The fraction of sp³-hybridized carbons (Fsp3) is 0.323. The molecule has 42 heavy (non-hydrogen) atoms. The van der Waals surface area contributed by atoms with Crippen molar-refractivity contribution in [2.24, 2.45) is 11.8 Å². The maximum atomic E-state index is 14.4. The highest BCUT2D eigenvalue weighted by atomic mass is 16.6. The van der Waals surface area contributed by atoms with E-state index >= 15 is 0 Å². The highest BCUT2D eigenvalue weighted by Crippen LogP contribution is 2.53. The van der Waals surface area contributed by atoms with Crippen LogP contribution in [-0.2, 0) is 33.6 Å². The van der Waals surface area contributed by atoms with Crippen LogP contribution in [0, 0.1) is 22.0 Å². The maximum Gasteiger partial charge on any atom is 0.325 e. The van der Waals surface area contributed by atoms with Gasteiger partial charge in [0.2, 0.25) is 11.8 Å². The van der Waals surface area contributed by atoms with Crippen LogP contribution in [0.3, 0.4) is 0 Å². The van der Waals surface area contributed by atoms with Gasteiger partial charge in [0.05, 0.1) is 29.6 Å². The third-order valence-electron chi connectivity index (χ3n) is 8.44. The maximum absolute atomic E-state index is 14.4. The van der Waals surface area contributed by atoms with E-state index in [4.69, 9.17) is 4.74 Å². The average Bonchev–Trinajstić information content (AvgIpc) is 3.46. The number of amides is 2. The summed E-state index contributed by atoms with van der Waals surface area (Å²) >= 11 is 0. The Hall–Kier alpha value is -4.77. The van der Waals surface area contributed by atoms with Gasteiger partial charge < -0.3 is 14.9 Å². The summed E-state index contributed by atoms with van der Waals surface area (Å²) in [5, 5.41) is 36.1. The molecule has 0 spiro atoms. The van der Waals surface area contributed by atoms with Crippen LogP contribution in [0.25, 0.3) is 0 Å². The molecule has 2 amide bonds. The lowest BCUT2D eigenvalue weighted by Gasteiger charge is -2.32. The number of carbonyl (C=O) groups is 3. The quantitative estimate of drug-likeness (QED) is 0.196. The number of non-ortho nitro benzene ring substituents is 1. The summed E-state index contributed by atoms with van der Waals surface area (Å²) in [6, 6.07) is 14.6. The smallest absolute Gasteiger partial charge is 0.325 e. The van der Waals surface area contributed by atoms with Gasteiger partial charge in [-0.3, -0.25) is 29.8 Å². The van der Waals surface area contributed by atoms with Crippen molar-refractivity contribution >= 4 is 29.2 Å². The SMILES string of the molecule is CCc1cccc(CC)c1N1C(=O)C2C(c3cccc(OC)c3O)NC(Cc3ccc([N+](=O)[O-])cc3)(C(=O)O)C2C1=O. The zero-order chi connectivity index (χ0) is 30.3. The number of carboxylic acid groups (broad SMARTS) is 1. The van der Waals surface area contributed by atoms with E-state index in [0.717, 1.165) is 16.0 Å². The number of aliphatic carboxylic acids is 1. The van der Waals surface area contributed by atoms with Crippen LogP contribution in [0.15, 0.2) is 60.7 Å². The van der Waals surface area contributed by atoms with Crippen LogP contribution in [-0.4, -0.2) is 45.6 Å². The lowest BCUT2D eigenvalue weighted by atomic mass is 9.76. The van der Waals surface area contributed by atoms with Crippen LogP contribution in [0.2, 0.25) is 0 Å². The minimum atomic E-state index is -1.98. The van der Waals surface area contributed by atoms with E-state index < -0.39 is 46.1 Å². The van der Waals surface area contributed by atoms with Crippen LogP contribution in [0.5, 0.6) is 11.5 Å². The number of rotatable bonds is 9. The third kappa shape index (κ3) is 4.37. The number of fused-ring (bicyclic) bond motifs is 1. The summed E-state index contributed by atoms with van der Waals surface area (Å²) in [6.45, 7) is 3.83. The monoisotopic (exact) mass is 573 g/mol. The number of carboxylic acids is 1. The highest BCUT2D eigenvalue weighted by molar-refractivity contribution is 6.25. The van der Waals surface area contributed by atoms with Gasteiger partial charge >= 0.3 is 5.97 Å². The number of anilines is 1. The molecule has 0 bridgehead atoms. The van der Waals surface area contributed by atoms with E-state index in [-0.39, 0.29) is 29.2 Å². The predicted octanol–water partition coefficient (Wildman–Crippen LogP) is 3.95. The number of nitrogens with one attached hydrogen (secondary N) is 1. The molecule has 2 fully saturated rings. The molecule has 4 unspecified atom stereocenters. The molecule has 0 radical (unpaired) electrons. The molecule has 2 saturated heterocycles. The van der Waals surface area contributed by atoms with Crippen LogP contribution < -0.4 is 15.0 Å². The second-order valence-corrected chi connectivity index (χ2v) is 10.5. The number of phenolic OH excluding ortho intramolecular Hbond substituents is 1. The number of hydrogen-bond donors (Lipinski definition) is 3. The van der Waals surface area contributed by atoms with Gasteiger partial charge in [0.25, 0.3) is 5.69 Å². The number of imide groups is 1. The Morgan fingerprint density at radius 3 is 2.19 bits per heavy atom. The molecule has 3 aromatic rings. The first kappa shape index (κ1) is 28.7. The summed E-state index contributed by atoms with van der Waals surface area (Å²) in [5.74, 6) is -5.22. The van der Waals surface area contributed by atoms with Crippen molar-refractivity contribution in [3.05, 3.63) is 93.0 Å². The normalized spacial score (nSPS) is 23.2. The van der Waals surface area contributed by atoms with Crippen molar-refractivity contribution < 1.29 is 34.3 Å². The number of methoxy groups -OCH3 is 1. The predicted molar refractivity (Wildman–Crippen MR) is 152 cm³/mol. The first-order valence-corrected chi connectivity index (χ1v) is 13.7. The van der Waals surface area contributed by atoms with E-state index in [0.29, 0.717) is 24.1 Å². The number of hydrogen-bond acceptors (Lipinski definition) is 8. The minimum Gasteiger partial charge on any atom is -0.504 e. The van der Waals surface area contributed by atoms with Crippen molar-refractivity contribution in [3.8, 4) is 11.5 Å². The van der Waals surface area contributed by atoms with E-state index in [9.17, 15) is 34.7 Å². The lowest BCUT2D eigenvalue weighted by Crippen LogP contribution is -2.57. The van der Waals surface area contributed by atoms with E-state index in [2.05, 4.69) is 5.32 Å². The Morgan fingerprint density at radius 2 is 1.64 bits per heavy atom. The Labute approximate surface area is 241 Å². The highest BCUT2D eigenvalue weighted by Gasteiger charge is 2.69. The summed E-state index contributed by atoms with van der Waals surface area (Å²) in [7, 11) is 1.37. The molecule has 3 N–H and O–H groups in total. The number of ether oxygens (including phenoxy) is 1. The number of benzene rings is 3. The molecule has 4 atom stereocenters. The van der Waals surface area contributed by atoms with Crippen molar-refractivity contribution in [1.82, 2.24) is 5.32 Å². The number of carbonyl (C=O) groups excluding carboxylic acids is 2. The number of para-hydroxylation sites is 2. The van der Waals surface area contributed by atoms with Crippen molar-refractivity contribution in [1.29, 1.82) is 0 Å². The van der Waals surface area contributed by atoms with Crippen LogP contribution in [0.4, 0.5) is 11.4 Å². The van der Waals surface area contributed by atoms with Gasteiger partial charge in [0, 0.05) is 30.2 Å². The van der Waals surface area contributed by atoms with Gasteiger partial charge in [-0.05, 0) is 35.6 Å². The van der Waals surface area contributed by atoms with Gasteiger partial charge in [-0.2, -0.15) is 0 Å². The number of nitrogens with zero attached hydrogens (tertiary/aromatic N) is 2. The Kier molecular flexibility index (Phi) is 7.46. The fourth-order valence-electron chi connectivity index (χ4n) is 6.44. The summed E-state index contributed by atoms with van der Waals surface area (Å²) in [6.07, 6.45) is 0.840. The Balaban J connectivity index is 1.71. The second kappa shape index (κ2) is 10.9. The van der Waals surface area contributed by atoms with E-state index in [1.54, 1.807) is 12.1 Å². The summed E-state index contributed by atoms with van der Waals surface area (Å²) < 4.78 is 5.27. The minimum absolute atomic E-state index is 0.132. The molecule has 2 heterocycles. The van der Waals surface area contributed by atoms with Gasteiger partial charge in [-0.15, -0.1) is 0 Å². The zero-order valence-electron chi connectivity index (χ0n) is 23.4. The molecule has 218 valence electrons. The number of phenols is 1. The van der Waals surface area contributed by atoms with Gasteiger partial charge in [-0.25, -0.2) is 4.90 Å². The second-order valence-electron chi connectivity index (χ2n) is 10.5. The first-order valence-electron chi connectivity index (χ1n) is 13.7. The number of nitro groups is 1. The third-order valence-corrected chi connectivity index (χ3v) is 8.44. The molecule has 3 aromatic carbocycles. The fourth-order valence-corrected chi connectivity index (χ4v) is 6.44. The molecule has 11 nitrogen and oxygen atoms in total. The molecule has 2 aliphatic rings. The standard InChI is InChI=1S/C31H31N3O8/c1-4-18-8-6-9-19(5-2)26(18)33-28(36)23-24(29(33)37)31(30(38)39,16-17-12-14-20(15-13-17)34(40)41)32-25(23)21-10-7-11-22(42-3)27(21)35/h6-15,23-25,32,35H,4-5,16H2,1-3H3,(H,38,39). The van der Waals surface area contributed by atoms with E-state index in [1.165, 1.54) is 37.4 Å². The zero-order valence-corrected chi connectivity index (χ0v) is 23.4. The van der Waals surface area contributed by atoms with E-state index in [1.807, 2.05) is 32.0 Å². The first-order chi connectivity index (χ1) is 20.1. The van der Waals surface area contributed by atoms with Crippen LogP contribution in [0.1, 0.15) is 42.1 Å². The molecular formula is C31H31N3O8. The van der Waals surface area contributed by atoms with Crippen molar-refractivity contribution in [2.45, 2.75) is 44.7 Å². The van der Waals surface area contributed by atoms with Crippen molar-refractivity contribution in [3.63, 3.8) is 0 Å². The molecule has 0 aliphatic carbocycles. The van der Waals surface area contributed by atoms with Gasteiger partial charge in [0.1, 0.15) is 5.54 Å². The Morgan fingerprint density at radius 1 is 1.02 bits per heavy atom. The molecular weight excluding hydrogens is 542 g/mol. The number of aryl methyl sites for hydroxylation is 2. The molecule has 0 aromatic heterocycles. The summed E-state index contributed by atoms with van der Waals surface area (Å²) in [5.41, 5.74) is 0.527. The number of aromatic hydroxyl groups is 1. The molecule has 11 heteroatoms. The Bertz CT molecular complexity index is 1570. The summed E-state index contributed by atoms with van der Waals surface area (Å²) in [4.78, 5) is 53.7. The molecule has 2 aliphatic heterocycles. The topological polar surface area (TPSA) is 159 Å². The molecule has 5 rings (SSSR count). The lowest BCUT2D eigenvalue weighted by molar-refractivity contribution is -0.384. The van der Waals surface area contributed by atoms with Crippen molar-refractivity contribution in [2.75, 3.05) is 12.0 Å². The largest absolute Gasteiger partial charge is 0.504 e.